The molecule has 1 fully saturated rings. The van der Waals surface area contributed by atoms with Crippen LogP contribution in [0.5, 0.6) is 0 Å². The van der Waals surface area contributed by atoms with Gasteiger partial charge in [-0.1, -0.05) is 6.92 Å². The molecular formula is C10H18N4S. The second-order valence-electron chi connectivity index (χ2n) is 3.96. The fraction of sp³-hybridized carbons (Fsp3) is 0.800. The van der Waals surface area contributed by atoms with E-state index in [1.165, 1.54) is 30.9 Å². The molecule has 1 aliphatic heterocycles. The molecule has 2 heterocycles. The largest absolute Gasteiger partial charge is 0.345 e. The molecule has 5 heteroatoms. The van der Waals surface area contributed by atoms with Crippen molar-refractivity contribution >= 4 is 16.7 Å². The Bertz CT molecular complexity index is 269. The van der Waals surface area contributed by atoms with E-state index in [9.17, 15) is 0 Å². The van der Waals surface area contributed by atoms with Gasteiger partial charge in [0.25, 0.3) is 0 Å². The summed E-state index contributed by atoms with van der Waals surface area (Å²) < 4.78 is 4.07. The van der Waals surface area contributed by atoms with Crippen molar-refractivity contribution < 1.29 is 0 Å². The molecule has 1 aromatic heterocycles. The SMILES string of the molecule is CCCN(CC1CCCN1)c1ncns1. The van der Waals surface area contributed by atoms with Crippen molar-refractivity contribution in [2.75, 3.05) is 24.5 Å². The number of anilines is 1. The van der Waals surface area contributed by atoms with Gasteiger partial charge in [-0.05, 0) is 25.8 Å². The van der Waals surface area contributed by atoms with Crippen LogP contribution in [-0.2, 0) is 0 Å². The maximum atomic E-state index is 4.28. The van der Waals surface area contributed by atoms with Gasteiger partial charge in [0.1, 0.15) is 6.33 Å². The molecule has 0 aromatic carbocycles. The highest BCUT2D eigenvalue weighted by Crippen LogP contribution is 2.17. The normalized spacial score (nSPS) is 20.7. The summed E-state index contributed by atoms with van der Waals surface area (Å²) in [6.45, 7) is 5.52. The minimum atomic E-state index is 0.639. The maximum absolute atomic E-state index is 4.28. The van der Waals surface area contributed by atoms with Crippen LogP contribution in [0.2, 0.25) is 0 Å². The zero-order chi connectivity index (χ0) is 10.5. The van der Waals surface area contributed by atoms with Gasteiger partial charge in [0.2, 0.25) is 5.13 Å². The van der Waals surface area contributed by atoms with Crippen molar-refractivity contribution in [1.29, 1.82) is 0 Å². The summed E-state index contributed by atoms with van der Waals surface area (Å²) in [5.41, 5.74) is 0. The number of nitrogens with zero attached hydrogens (tertiary/aromatic N) is 3. The summed E-state index contributed by atoms with van der Waals surface area (Å²) in [5, 5.41) is 4.58. The van der Waals surface area contributed by atoms with Crippen LogP contribution in [0.1, 0.15) is 26.2 Å². The lowest BCUT2D eigenvalue weighted by molar-refractivity contribution is 0.578. The quantitative estimate of drug-likeness (QED) is 0.826. The second kappa shape index (κ2) is 5.42. The molecule has 0 spiro atoms. The predicted molar refractivity (Wildman–Crippen MR) is 63.4 cm³/mol. The highest BCUT2D eigenvalue weighted by atomic mass is 32.1. The van der Waals surface area contributed by atoms with Gasteiger partial charge in [-0.15, -0.1) is 0 Å². The van der Waals surface area contributed by atoms with E-state index in [2.05, 4.69) is 26.5 Å². The van der Waals surface area contributed by atoms with Crippen molar-refractivity contribution in [2.24, 2.45) is 0 Å². The van der Waals surface area contributed by atoms with E-state index in [0.717, 1.165) is 24.6 Å². The maximum Gasteiger partial charge on any atom is 0.204 e. The lowest BCUT2D eigenvalue weighted by Crippen LogP contribution is -2.38. The average molecular weight is 226 g/mol. The Labute approximate surface area is 94.9 Å². The zero-order valence-electron chi connectivity index (χ0n) is 9.15. The highest BCUT2D eigenvalue weighted by molar-refractivity contribution is 7.09. The molecule has 0 amide bonds. The number of rotatable bonds is 5. The van der Waals surface area contributed by atoms with Crippen LogP contribution in [0.15, 0.2) is 6.33 Å². The predicted octanol–water partition coefficient (Wildman–Crippen LogP) is 1.51. The van der Waals surface area contributed by atoms with Crippen molar-refractivity contribution in [1.82, 2.24) is 14.7 Å². The van der Waals surface area contributed by atoms with Crippen LogP contribution in [0.3, 0.4) is 0 Å². The van der Waals surface area contributed by atoms with Gasteiger partial charge in [-0.25, -0.2) is 4.98 Å². The van der Waals surface area contributed by atoms with Crippen LogP contribution in [0.4, 0.5) is 5.13 Å². The minimum Gasteiger partial charge on any atom is -0.345 e. The van der Waals surface area contributed by atoms with Gasteiger partial charge >= 0.3 is 0 Å². The van der Waals surface area contributed by atoms with Crippen molar-refractivity contribution in [3.8, 4) is 0 Å². The van der Waals surface area contributed by atoms with Crippen molar-refractivity contribution in [3.63, 3.8) is 0 Å². The molecular weight excluding hydrogens is 208 g/mol. The summed E-state index contributed by atoms with van der Waals surface area (Å²) in [4.78, 5) is 6.63. The molecule has 84 valence electrons. The summed E-state index contributed by atoms with van der Waals surface area (Å²) in [6.07, 6.45) is 5.40. The van der Waals surface area contributed by atoms with Gasteiger partial charge in [-0.2, -0.15) is 4.37 Å². The first-order chi connectivity index (χ1) is 7.40. The molecule has 0 saturated carbocycles. The Balaban J connectivity index is 1.93. The molecule has 15 heavy (non-hydrogen) atoms. The van der Waals surface area contributed by atoms with Gasteiger partial charge < -0.3 is 10.2 Å². The van der Waals surface area contributed by atoms with Gasteiger partial charge in [0.05, 0.1) is 0 Å². The Morgan fingerprint density at radius 3 is 3.20 bits per heavy atom. The molecule has 1 N–H and O–H groups in total. The van der Waals surface area contributed by atoms with E-state index >= 15 is 0 Å². The van der Waals surface area contributed by atoms with Crippen LogP contribution < -0.4 is 10.2 Å². The van der Waals surface area contributed by atoms with E-state index in [0.29, 0.717) is 6.04 Å². The van der Waals surface area contributed by atoms with Crippen LogP contribution in [0, 0.1) is 0 Å². The number of aromatic nitrogens is 2. The van der Waals surface area contributed by atoms with Gasteiger partial charge in [0, 0.05) is 30.7 Å². The first kappa shape index (κ1) is 10.8. The first-order valence-corrected chi connectivity index (χ1v) is 6.42. The molecule has 4 nitrogen and oxygen atoms in total. The third-order valence-corrected chi connectivity index (χ3v) is 3.44. The molecule has 0 aliphatic carbocycles. The van der Waals surface area contributed by atoms with E-state index in [1.807, 2.05) is 0 Å². The fourth-order valence-corrected chi connectivity index (χ4v) is 2.58. The van der Waals surface area contributed by atoms with E-state index in [4.69, 9.17) is 0 Å². The molecule has 1 saturated heterocycles. The molecule has 1 aromatic rings. The Kier molecular flexibility index (Phi) is 3.91. The third-order valence-electron chi connectivity index (χ3n) is 2.72. The number of nitrogens with one attached hydrogen (secondary N) is 1. The number of hydrogen-bond donors (Lipinski definition) is 1. The molecule has 1 unspecified atom stereocenters. The summed E-state index contributed by atoms with van der Waals surface area (Å²) in [6, 6.07) is 0.639. The summed E-state index contributed by atoms with van der Waals surface area (Å²) in [7, 11) is 0. The minimum absolute atomic E-state index is 0.639. The molecule has 1 aliphatic rings. The second-order valence-corrected chi connectivity index (χ2v) is 4.72. The lowest BCUT2D eigenvalue weighted by atomic mass is 10.2. The number of hydrogen-bond acceptors (Lipinski definition) is 5. The van der Waals surface area contributed by atoms with E-state index < -0.39 is 0 Å². The van der Waals surface area contributed by atoms with Crippen molar-refractivity contribution in [3.05, 3.63) is 6.33 Å². The average Bonchev–Trinajstić information content (AvgIpc) is 2.89. The van der Waals surface area contributed by atoms with E-state index in [-0.39, 0.29) is 0 Å². The first-order valence-electron chi connectivity index (χ1n) is 5.65. The van der Waals surface area contributed by atoms with Crippen LogP contribution in [0.25, 0.3) is 0 Å². The fourth-order valence-electron chi connectivity index (χ4n) is 2.02. The standard InChI is InChI=1S/C10H18N4S/c1-2-6-14(10-12-8-13-15-10)7-9-4-3-5-11-9/h8-9,11H,2-7H2,1H3. The molecule has 0 bridgehead atoms. The summed E-state index contributed by atoms with van der Waals surface area (Å²) in [5.74, 6) is 0. The lowest BCUT2D eigenvalue weighted by Gasteiger charge is -2.24. The summed E-state index contributed by atoms with van der Waals surface area (Å²) >= 11 is 1.49. The highest BCUT2D eigenvalue weighted by Gasteiger charge is 2.18. The Morgan fingerprint density at radius 2 is 2.60 bits per heavy atom. The molecule has 0 radical (unpaired) electrons. The zero-order valence-corrected chi connectivity index (χ0v) is 9.96. The van der Waals surface area contributed by atoms with Crippen molar-refractivity contribution in [2.45, 2.75) is 32.2 Å². The smallest absolute Gasteiger partial charge is 0.204 e. The molecule has 1 atom stereocenters. The van der Waals surface area contributed by atoms with Gasteiger partial charge in [-0.3, -0.25) is 0 Å². The van der Waals surface area contributed by atoms with Gasteiger partial charge in [0.15, 0.2) is 0 Å². The topological polar surface area (TPSA) is 41.0 Å². The van der Waals surface area contributed by atoms with E-state index in [1.54, 1.807) is 6.33 Å². The molecule has 2 rings (SSSR count). The monoisotopic (exact) mass is 226 g/mol. The van der Waals surface area contributed by atoms with Crippen LogP contribution >= 0.6 is 11.5 Å². The van der Waals surface area contributed by atoms with Crippen LogP contribution in [-0.4, -0.2) is 35.0 Å². The third kappa shape index (κ3) is 2.89. The Hall–Kier alpha value is -0.680. The Morgan fingerprint density at radius 1 is 1.67 bits per heavy atom.